The van der Waals surface area contributed by atoms with Gasteiger partial charge in [-0.25, -0.2) is 0 Å². The number of benzene rings is 2. The van der Waals surface area contributed by atoms with Crippen molar-refractivity contribution in [1.82, 2.24) is 9.80 Å². The number of piperazine rings is 1. The van der Waals surface area contributed by atoms with Crippen LogP contribution in [0, 0.1) is 17.0 Å². The molecule has 7 heteroatoms. The van der Waals surface area contributed by atoms with Gasteiger partial charge in [0.15, 0.2) is 0 Å². The molecule has 1 saturated heterocycles. The number of nitrogens with one attached hydrogen (secondary N) is 1. The lowest BCUT2D eigenvalue weighted by atomic mass is 10.1. The van der Waals surface area contributed by atoms with Crippen molar-refractivity contribution < 1.29 is 9.72 Å². The summed E-state index contributed by atoms with van der Waals surface area (Å²) in [6.07, 6.45) is 0. The Morgan fingerprint density at radius 2 is 1.85 bits per heavy atom. The molecular formula is C20H24N4O3. The van der Waals surface area contributed by atoms with Gasteiger partial charge in [-0.2, -0.15) is 0 Å². The molecule has 27 heavy (non-hydrogen) atoms. The first-order valence-electron chi connectivity index (χ1n) is 9.02. The van der Waals surface area contributed by atoms with Crippen LogP contribution in [0.2, 0.25) is 0 Å². The summed E-state index contributed by atoms with van der Waals surface area (Å²) in [5.74, 6) is -0.156. The number of anilines is 1. The summed E-state index contributed by atoms with van der Waals surface area (Å²) in [4.78, 5) is 27.6. The number of hydrogen-bond donors (Lipinski definition) is 1. The summed E-state index contributed by atoms with van der Waals surface area (Å²) >= 11 is 0. The second kappa shape index (κ2) is 8.18. The van der Waals surface area contributed by atoms with Crippen molar-refractivity contribution in [3.05, 3.63) is 69.3 Å². The Morgan fingerprint density at radius 1 is 1.15 bits per heavy atom. The third-order valence-electron chi connectivity index (χ3n) is 5.03. The molecule has 1 amide bonds. The Morgan fingerprint density at radius 3 is 2.48 bits per heavy atom. The number of nitro groups is 1. The molecule has 1 aliphatic rings. The zero-order valence-corrected chi connectivity index (χ0v) is 15.6. The minimum atomic E-state index is -0.469. The molecule has 0 aliphatic carbocycles. The van der Waals surface area contributed by atoms with E-state index < -0.39 is 4.92 Å². The topological polar surface area (TPSA) is 78.7 Å². The predicted molar refractivity (Wildman–Crippen MR) is 105 cm³/mol. The van der Waals surface area contributed by atoms with Crippen molar-refractivity contribution >= 4 is 17.3 Å². The highest BCUT2D eigenvalue weighted by atomic mass is 16.6. The highest BCUT2D eigenvalue weighted by Crippen LogP contribution is 2.26. The van der Waals surface area contributed by atoms with E-state index in [0.717, 1.165) is 19.6 Å². The second-order valence-electron chi connectivity index (χ2n) is 6.73. The molecule has 0 atom stereocenters. The number of hydrogen-bond acceptors (Lipinski definition) is 5. The van der Waals surface area contributed by atoms with Gasteiger partial charge in [0, 0.05) is 51.4 Å². The van der Waals surface area contributed by atoms with Crippen LogP contribution in [0.1, 0.15) is 21.5 Å². The van der Waals surface area contributed by atoms with Gasteiger partial charge in [0.1, 0.15) is 5.69 Å². The van der Waals surface area contributed by atoms with Gasteiger partial charge >= 0.3 is 0 Å². The predicted octanol–water partition coefficient (Wildman–Crippen LogP) is 2.90. The third kappa shape index (κ3) is 4.25. The van der Waals surface area contributed by atoms with Gasteiger partial charge < -0.3 is 10.2 Å². The van der Waals surface area contributed by atoms with Gasteiger partial charge in [-0.15, -0.1) is 0 Å². The van der Waals surface area contributed by atoms with Crippen molar-refractivity contribution in [3.8, 4) is 0 Å². The quantitative estimate of drug-likeness (QED) is 0.648. The summed E-state index contributed by atoms with van der Waals surface area (Å²) in [5.41, 5.74) is 3.25. The van der Waals surface area contributed by atoms with E-state index in [9.17, 15) is 14.9 Å². The average Bonchev–Trinajstić information content (AvgIpc) is 2.69. The molecule has 2 aromatic carbocycles. The first kappa shape index (κ1) is 18.8. The normalized spacial score (nSPS) is 14.8. The maximum atomic E-state index is 12.8. The van der Waals surface area contributed by atoms with Gasteiger partial charge in [0.2, 0.25) is 0 Å². The van der Waals surface area contributed by atoms with E-state index in [4.69, 9.17) is 0 Å². The summed E-state index contributed by atoms with van der Waals surface area (Å²) in [5, 5.41) is 14.0. The number of carbonyl (C=O) groups excluding carboxylic acids is 1. The van der Waals surface area contributed by atoms with Crippen LogP contribution in [-0.4, -0.2) is 53.9 Å². The first-order valence-corrected chi connectivity index (χ1v) is 9.02. The number of nitro benzene ring substituents is 1. The number of amides is 1. The van der Waals surface area contributed by atoms with Crippen molar-refractivity contribution in [2.24, 2.45) is 0 Å². The lowest BCUT2D eigenvalue weighted by Crippen LogP contribution is -2.48. The van der Waals surface area contributed by atoms with Crippen LogP contribution in [0.15, 0.2) is 42.5 Å². The molecule has 3 rings (SSSR count). The molecule has 0 bridgehead atoms. The van der Waals surface area contributed by atoms with E-state index in [1.165, 1.54) is 17.2 Å². The number of aryl methyl sites for hydroxylation is 1. The minimum Gasteiger partial charge on any atom is -0.383 e. The molecule has 0 saturated carbocycles. The zero-order chi connectivity index (χ0) is 19.4. The highest BCUT2D eigenvalue weighted by molar-refractivity contribution is 5.95. The van der Waals surface area contributed by atoms with E-state index in [-0.39, 0.29) is 11.6 Å². The Labute approximate surface area is 158 Å². The number of nitrogens with zero attached hydrogens (tertiary/aromatic N) is 3. The van der Waals surface area contributed by atoms with Crippen molar-refractivity contribution in [2.45, 2.75) is 13.5 Å². The maximum Gasteiger partial charge on any atom is 0.293 e. The third-order valence-corrected chi connectivity index (χ3v) is 5.03. The fourth-order valence-corrected chi connectivity index (χ4v) is 3.35. The summed E-state index contributed by atoms with van der Waals surface area (Å²) < 4.78 is 0. The second-order valence-corrected chi connectivity index (χ2v) is 6.73. The molecule has 2 aromatic rings. The van der Waals surface area contributed by atoms with Crippen molar-refractivity contribution in [1.29, 1.82) is 0 Å². The van der Waals surface area contributed by atoms with Crippen LogP contribution in [0.25, 0.3) is 0 Å². The number of rotatable bonds is 5. The van der Waals surface area contributed by atoms with Gasteiger partial charge in [-0.1, -0.05) is 24.3 Å². The lowest BCUT2D eigenvalue weighted by molar-refractivity contribution is -0.384. The van der Waals surface area contributed by atoms with E-state index in [2.05, 4.69) is 29.3 Å². The van der Waals surface area contributed by atoms with Gasteiger partial charge in [-0.3, -0.25) is 19.8 Å². The molecule has 1 aliphatic heterocycles. The lowest BCUT2D eigenvalue weighted by Gasteiger charge is -2.35. The highest BCUT2D eigenvalue weighted by Gasteiger charge is 2.24. The standard InChI is InChI=1S/C20H24N4O3/c1-15-5-3-4-6-17(15)14-22-9-11-23(12-10-22)20(25)16-7-8-18(21-2)19(13-16)24(26)27/h3-8,13,21H,9-12,14H2,1-2H3. The smallest absolute Gasteiger partial charge is 0.293 e. The van der Waals surface area contributed by atoms with Crippen LogP contribution in [0.3, 0.4) is 0 Å². The van der Waals surface area contributed by atoms with Crippen LogP contribution in [0.5, 0.6) is 0 Å². The van der Waals surface area contributed by atoms with Gasteiger partial charge in [0.25, 0.3) is 11.6 Å². The van der Waals surface area contributed by atoms with Crippen molar-refractivity contribution in [3.63, 3.8) is 0 Å². The van der Waals surface area contributed by atoms with Gasteiger partial charge in [-0.05, 0) is 30.2 Å². The molecule has 7 nitrogen and oxygen atoms in total. The van der Waals surface area contributed by atoms with Crippen LogP contribution in [-0.2, 0) is 6.54 Å². The van der Waals surface area contributed by atoms with Gasteiger partial charge in [0.05, 0.1) is 4.92 Å². The SMILES string of the molecule is CNc1ccc(C(=O)N2CCN(Cc3ccccc3C)CC2)cc1[N+](=O)[O-]. The molecule has 0 spiro atoms. The van der Waals surface area contributed by atoms with Crippen LogP contribution >= 0.6 is 0 Å². The number of carbonyl (C=O) groups is 1. The molecule has 1 N–H and O–H groups in total. The molecule has 1 heterocycles. The largest absolute Gasteiger partial charge is 0.383 e. The van der Waals surface area contributed by atoms with E-state index in [0.29, 0.717) is 24.3 Å². The fourth-order valence-electron chi connectivity index (χ4n) is 3.35. The van der Waals surface area contributed by atoms with E-state index in [1.807, 2.05) is 12.1 Å². The van der Waals surface area contributed by atoms with E-state index >= 15 is 0 Å². The molecule has 0 aromatic heterocycles. The van der Waals surface area contributed by atoms with Crippen molar-refractivity contribution in [2.75, 3.05) is 38.5 Å². The Balaban J connectivity index is 1.64. The molecule has 0 unspecified atom stereocenters. The minimum absolute atomic E-state index is 0.0819. The van der Waals surface area contributed by atoms with E-state index in [1.54, 1.807) is 24.1 Å². The first-order chi connectivity index (χ1) is 13.0. The summed E-state index contributed by atoms with van der Waals surface area (Å²) in [7, 11) is 1.62. The Hall–Kier alpha value is -2.93. The zero-order valence-electron chi connectivity index (χ0n) is 15.6. The molecule has 0 radical (unpaired) electrons. The fraction of sp³-hybridized carbons (Fsp3) is 0.350. The molecule has 142 valence electrons. The summed E-state index contributed by atoms with van der Waals surface area (Å²) in [6, 6.07) is 12.9. The van der Waals surface area contributed by atoms with Crippen LogP contribution in [0.4, 0.5) is 11.4 Å². The maximum absolute atomic E-state index is 12.8. The Bertz CT molecular complexity index is 845. The molecular weight excluding hydrogens is 344 g/mol. The van der Waals surface area contributed by atoms with Crippen LogP contribution < -0.4 is 5.32 Å². The average molecular weight is 368 g/mol. The Kier molecular flexibility index (Phi) is 5.71. The monoisotopic (exact) mass is 368 g/mol. The molecule has 1 fully saturated rings. The summed E-state index contributed by atoms with van der Waals surface area (Å²) in [6.45, 7) is 5.79.